The summed E-state index contributed by atoms with van der Waals surface area (Å²) in [5.74, 6) is 1.55. The molecule has 0 radical (unpaired) electrons. The fourth-order valence-electron chi connectivity index (χ4n) is 2.63. The van der Waals surface area contributed by atoms with Crippen molar-refractivity contribution in [2.75, 3.05) is 23.3 Å². The number of anilines is 3. The molecule has 3 aromatic rings. The fourth-order valence-corrected chi connectivity index (χ4v) is 3.64. The highest BCUT2D eigenvalue weighted by Crippen LogP contribution is 2.32. The van der Waals surface area contributed by atoms with Crippen LogP contribution in [0.5, 0.6) is 11.5 Å². The van der Waals surface area contributed by atoms with Gasteiger partial charge in [0, 0.05) is 11.8 Å². The molecule has 144 valence electrons. The molecule has 2 N–H and O–H groups in total. The van der Waals surface area contributed by atoms with E-state index in [1.165, 1.54) is 12.1 Å². The first-order chi connectivity index (χ1) is 13.5. The van der Waals surface area contributed by atoms with Gasteiger partial charge in [-0.3, -0.25) is 4.72 Å². The molecule has 2 heterocycles. The molecule has 2 aromatic carbocycles. The molecule has 8 nitrogen and oxygen atoms in total. The van der Waals surface area contributed by atoms with Gasteiger partial charge < -0.3 is 14.8 Å². The van der Waals surface area contributed by atoms with Crippen molar-refractivity contribution in [1.29, 1.82) is 0 Å². The maximum Gasteiger partial charge on any atom is 0.263 e. The maximum atomic E-state index is 12.6. The Morgan fingerprint density at radius 1 is 0.857 bits per heavy atom. The third-order valence-electron chi connectivity index (χ3n) is 4.05. The summed E-state index contributed by atoms with van der Waals surface area (Å²) in [6, 6.07) is 15.5. The van der Waals surface area contributed by atoms with Crippen molar-refractivity contribution < 1.29 is 17.9 Å². The van der Waals surface area contributed by atoms with Gasteiger partial charge in [-0.05, 0) is 43.3 Å². The number of ether oxygens (including phenoxy) is 2. The zero-order valence-corrected chi connectivity index (χ0v) is 15.9. The van der Waals surface area contributed by atoms with E-state index in [2.05, 4.69) is 20.2 Å². The second-order valence-electron chi connectivity index (χ2n) is 6.21. The van der Waals surface area contributed by atoms with E-state index in [0.717, 1.165) is 11.3 Å². The van der Waals surface area contributed by atoms with Crippen LogP contribution in [0, 0.1) is 6.92 Å². The van der Waals surface area contributed by atoms with Gasteiger partial charge >= 0.3 is 0 Å². The highest BCUT2D eigenvalue weighted by atomic mass is 32.2. The Bertz CT molecular complexity index is 1080. The summed E-state index contributed by atoms with van der Waals surface area (Å²) in [6.07, 6.45) is 0. The topological polar surface area (TPSA) is 102 Å². The van der Waals surface area contributed by atoms with Crippen LogP contribution in [-0.2, 0) is 10.0 Å². The van der Waals surface area contributed by atoms with Crippen molar-refractivity contribution >= 4 is 27.3 Å². The molecule has 28 heavy (non-hydrogen) atoms. The Balaban J connectivity index is 1.48. The van der Waals surface area contributed by atoms with Crippen molar-refractivity contribution in [3.63, 3.8) is 0 Å². The molecule has 1 aliphatic rings. The average Bonchev–Trinajstić information content (AvgIpc) is 2.70. The number of aryl methyl sites for hydroxylation is 1. The number of aromatic nitrogens is 2. The molecule has 0 bridgehead atoms. The molecule has 9 heteroatoms. The summed E-state index contributed by atoms with van der Waals surface area (Å²) in [5, 5.41) is 11.0. The Kier molecular flexibility index (Phi) is 4.74. The molecule has 1 aromatic heterocycles. The Labute approximate surface area is 162 Å². The van der Waals surface area contributed by atoms with Gasteiger partial charge in [0.05, 0.1) is 4.90 Å². The van der Waals surface area contributed by atoms with Crippen molar-refractivity contribution in [3.05, 3.63) is 60.2 Å². The summed E-state index contributed by atoms with van der Waals surface area (Å²) < 4.78 is 38.5. The highest BCUT2D eigenvalue weighted by molar-refractivity contribution is 7.92. The number of sulfonamides is 1. The summed E-state index contributed by atoms with van der Waals surface area (Å²) in [7, 11) is -3.83. The van der Waals surface area contributed by atoms with Crippen LogP contribution < -0.4 is 19.5 Å². The second kappa shape index (κ2) is 7.35. The van der Waals surface area contributed by atoms with Gasteiger partial charge in [0.1, 0.15) is 13.2 Å². The van der Waals surface area contributed by atoms with Crippen LogP contribution in [0.1, 0.15) is 5.56 Å². The third-order valence-corrected chi connectivity index (χ3v) is 5.40. The number of hydrogen-bond donors (Lipinski definition) is 2. The molecule has 0 atom stereocenters. The molecule has 0 unspecified atom stereocenters. The second-order valence-corrected chi connectivity index (χ2v) is 7.89. The lowest BCUT2D eigenvalue weighted by atomic mass is 10.2. The predicted octanol–water partition coefficient (Wildman–Crippen LogP) is 3.10. The van der Waals surface area contributed by atoms with Crippen LogP contribution in [0.3, 0.4) is 0 Å². The fraction of sp³-hybridized carbons (Fsp3) is 0.158. The molecule has 0 fully saturated rings. The first-order valence-corrected chi connectivity index (χ1v) is 10.1. The van der Waals surface area contributed by atoms with Gasteiger partial charge in [-0.25, -0.2) is 8.42 Å². The molecule has 4 rings (SSSR count). The summed E-state index contributed by atoms with van der Waals surface area (Å²) >= 11 is 0. The van der Waals surface area contributed by atoms with E-state index in [4.69, 9.17) is 9.47 Å². The molecular weight excluding hydrogens is 380 g/mol. The monoisotopic (exact) mass is 398 g/mol. The highest BCUT2D eigenvalue weighted by Gasteiger charge is 2.20. The number of nitrogens with zero attached hydrogens (tertiary/aromatic N) is 2. The van der Waals surface area contributed by atoms with Crippen molar-refractivity contribution in [2.24, 2.45) is 0 Å². The normalized spacial score (nSPS) is 13.0. The zero-order valence-electron chi connectivity index (χ0n) is 15.0. The van der Waals surface area contributed by atoms with Crippen molar-refractivity contribution in [2.45, 2.75) is 11.8 Å². The van der Waals surface area contributed by atoms with Gasteiger partial charge in [0.2, 0.25) is 0 Å². The average molecular weight is 398 g/mol. The summed E-state index contributed by atoms with van der Waals surface area (Å²) in [6.45, 7) is 2.83. The standard InChI is InChI=1S/C19H18N4O4S/c1-13-2-4-14(5-3-13)20-18-8-9-19(22-21-18)23-28(24,25)15-6-7-16-17(12-15)27-11-10-26-16/h2-9,12H,10-11H2,1H3,(H,20,21)(H,22,23). The minimum absolute atomic E-state index is 0.0559. The predicted molar refractivity (Wildman–Crippen MR) is 105 cm³/mol. The quantitative estimate of drug-likeness (QED) is 0.681. The van der Waals surface area contributed by atoms with E-state index in [1.54, 1.807) is 18.2 Å². The SMILES string of the molecule is Cc1ccc(Nc2ccc(NS(=O)(=O)c3ccc4c(c3)OCCO4)nn2)cc1. The minimum atomic E-state index is -3.83. The number of nitrogens with one attached hydrogen (secondary N) is 2. The Hall–Kier alpha value is -3.33. The number of benzene rings is 2. The Morgan fingerprint density at radius 3 is 2.25 bits per heavy atom. The van der Waals surface area contributed by atoms with Gasteiger partial charge in [-0.2, -0.15) is 0 Å². The smallest absolute Gasteiger partial charge is 0.263 e. The van der Waals surface area contributed by atoms with Gasteiger partial charge in [0.15, 0.2) is 23.1 Å². The van der Waals surface area contributed by atoms with E-state index in [-0.39, 0.29) is 10.7 Å². The first kappa shape index (κ1) is 18.1. The van der Waals surface area contributed by atoms with E-state index in [9.17, 15) is 8.42 Å². The van der Waals surface area contributed by atoms with Gasteiger partial charge in [-0.15, -0.1) is 10.2 Å². The Morgan fingerprint density at radius 2 is 1.54 bits per heavy atom. The molecule has 0 saturated carbocycles. The van der Waals surface area contributed by atoms with E-state index < -0.39 is 10.0 Å². The lowest BCUT2D eigenvalue weighted by Crippen LogP contribution is -2.17. The number of rotatable bonds is 5. The molecule has 0 saturated heterocycles. The van der Waals surface area contributed by atoms with Crippen LogP contribution >= 0.6 is 0 Å². The first-order valence-electron chi connectivity index (χ1n) is 8.59. The van der Waals surface area contributed by atoms with Crippen LogP contribution in [-0.4, -0.2) is 31.8 Å². The lowest BCUT2D eigenvalue weighted by molar-refractivity contribution is 0.171. The zero-order chi connectivity index (χ0) is 19.6. The molecular formula is C19H18N4O4S. The molecule has 0 amide bonds. The maximum absolute atomic E-state index is 12.6. The third kappa shape index (κ3) is 3.99. The summed E-state index contributed by atoms with van der Waals surface area (Å²) in [4.78, 5) is 0.0559. The molecule has 1 aliphatic heterocycles. The van der Waals surface area contributed by atoms with Crippen molar-refractivity contribution in [3.8, 4) is 11.5 Å². The molecule has 0 aliphatic carbocycles. The van der Waals surface area contributed by atoms with Crippen LogP contribution in [0.25, 0.3) is 0 Å². The van der Waals surface area contributed by atoms with Crippen molar-refractivity contribution in [1.82, 2.24) is 10.2 Å². The van der Waals surface area contributed by atoms with Crippen LogP contribution in [0.2, 0.25) is 0 Å². The summed E-state index contributed by atoms with van der Waals surface area (Å²) in [5.41, 5.74) is 2.02. The van der Waals surface area contributed by atoms with Crippen LogP contribution in [0.4, 0.5) is 17.3 Å². The van der Waals surface area contributed by atoms with Gasteiger partial charge in [0.25, 0.3) is 10.0 Å². The molecule has 0 spiro atoms. The number of hydrogen-bond acceptors (Lipinski definition) is 7. The lowest BCUT2D eigenvalue weighted by Gasteiger charge is -2.18. The van der Waals surface area contributed by atoms with E-state index in [1.807, 2.05) is 31.2 Å². The van der Waals surface area contributed by atoms with Crippen LogP contribution in [0.15, 0.2) is 59.5 Å². The largest absolute Gasteiger partial charge is 0.486 e. The number of fused-ring (bicyclic) bond motifs is 1. The van der Waals surface area contributed by atoms with E-state index in [0.29, 0.717) is 30.5 Å². The van der Waals surface area contributed by atoms with E-state index >= 15 is 0 Å². The van der Waals surface area contributed by atoms with Gasteiger partial charge in [-0.1, -0.05) is 17.7 Å². The minimum Gasteiger partial charge on any atom is -0.486 e.